The van der Waals surface area contributed by atoms with E-state index in [1.807, 2.05) is 38.1 Å². The average Bonchev–Trinajstić information content (AvgIpc) is 2.42. The van der Waals surface area contributed by atoms with Gasteiger partial charge in [-0.25, -0.2) is 4.39 Å². The summed E-state index contributed by atoms with van der Waals surface area (Å²) in [6.45, 7) is 3.91. The normalized spacial score (nSPS) is 12.5. The van der Waals surface area contributed by atoms with E-state index in [0.717, 1.165) is 16.9 Å². The molecule has 21 heavy (non-hydrogen) atoms. The van der Waals surface area contributed by atoms with Crippen LogP contribution in [0, 0.1) is 5.82 Å². The Hall–Kier alpha value is -1.39. The molecule has 0 spiro atoms. The average molecular weight is 353 g/mol. The number of ether oxygens (including phenoxy) is 1. The van der Waals surface area contributed by atoms with Crippen LogP contribution in [0.2, 0.25) is 0 Å². The van der Waals surface area contributed by atoms with Crippen molar-refractivity contribution in [2.45, 2.75) is 32.5 Å². The van der Waals surface area contributed by atoms with Gasteiger partial charge in [0.05, 0.1) is 16.7 Å². The molecule has 0 heterocycles. The van der Waals surface area contributed by atoms with Gasteiger partial charge < -0.3 is 9.84 Å². The van der Waals surface area contributed by atoms with Crippen molar-refractivity contribution in [2.24, 2.45) is 0 Å². The maximum Gasteiger partial charge on any atom is 0.137 e. The zero-order valence-corrected chi connectivity index (χ0v) is 13.6. The second kappa shape index (κ2) is 7.05. The van der Waals surface area contributed by atoms with Gasteiger partial charge in [0.2, 0.25) is 0 Å². The molecular formula is C17H18BrFO2. The van der Waals surface area contributed by atoms with Gasteiger partial charge >= 0.3 is 0 Å². The molecule has 2 nitrogen and oxygen atoms in total. The van der Waals surface area contributed by atoms with E-state index in [4.69, 9.17) is 4.74 Å². The number of aliphatic hydroxyl groups is 1. The summed E-state index contributed by atoms with van der Waals surface area (Å²) in [6, 6.07) is 12.2. The zero-order valence-electron chi connectivity index (χ0n) is 12.0. The Morgan fingerprint density at radius 1 is 1.19 bits per heavy atom. The highest BCUT2D eigenvalue weighted by Gasteiger charge is 2.11. The first-order valence-corrected chi connectivity index (χ1v) is 7.63. The highest BCUT2D eigenvalue weighted by Crippen LogP contribution is 2.25. The standard InChI is InChI=1S/C17H18BrFO2/c1-11(2)21-14-5-3-4-13(10-14)17(20)9-12-6-7-16(19)15(18)8-12/h3-8,10-11,17,20H,9H2,1-2H3. The minimum atomic E-state index is -0.655. The van der Waals surface area contributed by atoms with Crippen LogP contribution >= 0.6 is 15.9 Å². The molecule has 1 unspecified atom stereocenters. The van der Waals surface area contributed by atoms with Crippen LogP contribution in [0.3, 0.4) is 0 Å². The zero-order chi connectivity index (χ0) is 15.4. The van der Waals surface area contributed by atoms with Gasteiger partial charge in [0.15, 0.2) is 0 Å². The van der Waals surface area contributed by atoms with Crippen LogP contribution in [0.1, 0.15) is 31.1 Å². The van der Waals surface area contributed by atoms with E-state index in [-0.39, 0.29) is 11.9 Å². The van der Waals surface area contributed by atoms with Crippen molar-refractivity contribution in [2.75, 3.05) is 0 Å². The van der Waals surface area contributed by atoms with Gasteiger partial charge in [-0.3, -0.25) is 0 Å². The number of benzene rings is 2. The summed E-state index contributed by atoms with van der Waals surface area (Å²) in [5.41, 5.74) is 1.65. The minimum Gasteiger partial charge on any atom is -0.491 e. The van der Waals surface area contributed by atoms with Crippen LogP contribution in [0.5, 0.6) is 5.75 Å². The van der Waals surface area contributed by atoms with E-state index < -0.39 is 6.10 Å². The van der Waals surface area contributed by atoms with E-state index in [9.17, 15) is 9.50 Å². The Morgan fingerprint density at radius 2 is 1.95 bits per heavy atom. The summed E-state index contributed by atoms with van der Waals surface area (Å²) in [6.07, 6.45) is -0.146. The quantitative estimate of drug-likeness (QED) is 0.848. The molecule has 0 fully saturated rings. The highest BCUT2D eigenvalue weighted by atomic mass is 79.9. The molecule has 1 N–H and O–H groups in total. The molecular weight excluding hydrogens is 335 g/mol. The third kappa shape index (κ3) is 4.55. The SMILES string of the molecule is CC(C)Oc1cccc(C(O)Cc2ccc(F)c(Br)c2)c1. The van der Waals surface area contributed by atoms with Crippen molar-refractivity contribution in [3.63, 3.8) is 0 Å². The molecule has 2 aromatic rings. The first-order valence-electron chi connectivity index (χ1n) is 6.84. The van der Waals surface area contributed by atoms with Gasteiger partial charge in [-0.05, 0) is 65.2 Å². The molecule has 0 aliphatic heterocycles. The maximum atomic E-state index is 13.2. The topological polar surface area (TPSA) is 29.5 Å². The van der Waals surface area contributed by atoms with Crippen LogP contribution in [0.25, 0.3) is 0 Å². The molecule has 2 aromatic carbocycles. The van der Waals surface area contributed by atoms with Crippen molar-refractivity contribution < 1.29 is 14.2 Å². The smallest absolute Gasteiger partial charge is 0.137 e. The van der Waals surface area contributed by atoms with Gasteiger partial charge in [-0.2, -0.15) is 0 Å². The van der Waals surface area contributed by atoms with Crippen molar-refractivity contribution in [1.82, 2.24) is 0 Å². The molecule has 0 saturated heterocycles. The lowest BCUT2D eigenvalue weighted by Crippen LogP contribution is -2.07. The first-order chi connectivity index (χ1) is 9.95. The third-order valence-electron chi connectivity index (χ3n) is 3.03. The van der Waals surface area contributed by atoms with E-state index in [0.29, 0.717) is 10.9 Å². The molecule has 112 valence electrons. The molecule has 0 aliphatic carbocycles. The fourth-order valence-electron chi connectivity index (χ4n) is 2.08. The number of rotatable bonds is 5. The summed E-state index contributed by atoms with van der Waals surface area (Å²) in [5, 5.41) is 10.3. The van der Waals surface area contributed by atoms with Crippen LogP contribution in [-0.4, -0.2) is 11.2 Å². The lowest BCUT2D eigenvalue weighted by molar-refractivity contribution is 0.177. The number of hydrogen-bond acceptors (Lipinski definition) is 2. The first kappa shape index (κ1) is 16.0. The number of hydrogen-bond donors (Lipinski definition) is 1. The van der Waals surface area contributed by atoms with Gasteiger partial charge in [0, 0.05) is 6.42 Å². The van der Waals surface area contributed by atoms with E-state index in [1.54, 1.807) is 12.1 Å². The molecule has 0 bridgehead atoms. The molecule has 1 atom stereocenters. The monoisotopic (exact) mass is 352 g/mol. The summed E-state index contributed by atoms with van der Waals surface area (Å²) in [5.74, 6) is 0.433. The van der Waals surface area contributed by atoms with Crippen LogP contribution in [-0.2, 0) is 6.42 Å². The minimum absolute atomic E-state index is 0.0884. The fourth-order valence-corrected chi connectivity index (χ4v) is 2.50. The Morgan fingerprint density at radius 3 is 2.62 bits per heavy atom. The summed E-state index contributed by atoms with van der Waals surface area (Å²) >= 11 is 3.15. The van der Waals surface area contributed by atoms with Gasteiger partial charge in [-0.15, -0.1) is 0 Å². The number of aliphatic hydroxyl groups excluding tert-OH is 1. The predicted octanol–water partition coefficient (Wildman–Crippen LogP) is 4.65. The molecule has 0 aliphatic rings. The van der Waals surface area contributed by atoms with Crippen LogP contribution in [0.4, 0.5) is 4.39 Å². The largest absolute Gasteiger partial charge is 0.491 e. The number of halogens is 2. The Labute approximate surface area is 132 Å². The van der Waals surface area contributed by atoms with E-state index >= 15 is 0 Å². The summed E-state index contributed by atoms with van der Waals surface area (Å²) in [7, 11) is 0. The lowest BCUT2D eigenvalue weighted by Gasteiger charge is -2.15. The Kier molecular flexibility index (Phi) is 5.37. The van der Waals surface area contributed by atoms with Crippen LogP contribution in [0.15, 0.2) is 46.9 Å². The molecule has 0 amide bonds. The fraction of sp³-hybridized carbons (Fsp3) is 0.294. The van der Waals surface area contributed by atoms with Crippen molar-refractivity contribution >= 4 is 15.9 Å². The molecule has 0 saturated carbocycles. The highest BCUT2D eigenvalue weighted by molar-refractivity contribution is 9.10. The predicted molar refractivity (Wildman–Crippen MR) is 85.0 cm³/mol. The van der Waals surface area contributed by atoms with E-state index in [1.165, 1.54) is 6.07 Å². The Bertz CT molecular complexity index is 613. The van der Waals surface area contributed by atoms with Gasteiger partial charge in [0.1, 0.15) is 11.6 Å². The molecule has 4 heteroatoms. The summed E-state index contributed by atoms with van der Waals surface area (Å²) < 4.78 is 19.2. The van der Waals surface area contributed by atoms with Gasteiger partial charge in [0.25, 0.3) is 0 Å². The second-order valence-electron chi connectivity index (χ2n) is 5.21. The van der Waals surface area contributed by atoms with Gasteiger partial charge in [-0.1, -0.05) is 18.2 Å². The third-order valence-corrected chi connectivity index (χ3v) is 3.64. The van der Waals surface area contributed by atoms with Crippen LogP contribution < -0.4 is 4.74 Å². The second-order valence-corrected chi connectivity index (χ2v) is 6.06. The molecule has 0 radical (unpaired) electrons. The van der Waals surface area contributed by atoms with Crippen molar-refractivity contribution in [3.8, 4) is 5.75 Å². The van der Waals surface area contributed by atoms with Crippen molar-refractivity contribution in [3.05, 3.63) is 63.9 Å². The summed E-state index contributed by atoms with van der Waals surface area (Å²) in [4.78, 5) is 0. The molecule has 2 rings (SSSR count). The maximum absolute atomic E-state index is 13.2. The molecule has 0 aromatic heterocycles. The Balaban J connectivity index is 2.12. The van der Waals surface area contributed by atoms with Crippen molar-refractivity contribution in [1.29, 1.82) is 0 Å². The lowest BCUT2D eigenvalue weighted by atomic mass is 10.0. The van der Waals surface area contributed by atoms with E-state index in [2.05, 4.69) is 15.9 Å².